The van der Waals surface area contributed by atoms with Crippen LogP contribution in [0, 0.1) is 16.7 Å². The van der Waals surface area contributed by atoms with Gasteiger partial charge in [0.1, 0.15) is 11.8 Å². The first-order valence-electron chi connectivity index (χ1n) is 13.1. The van der Waals surface area contributed by atoms with Crippen molar-refractivity contribution in [2.24, 2.45) is 12.5 Å². The molecule has 0 radical (unpaired) electrons. The van der Waals surface area contributed by atoms with Crippen LogP contribution in [-0.2, 0) is 7.05 Å². The highest BCUT2D eigenvalue weighted by Gasteiger charge is 2.28. The van der Waals surface area contributed by atoms with Crippen molar-refractivity contribution in [2.45, 2.75) is 45.7 Å². The van der Waals surface area contributed by atoms with Gasteiger partial charge in [-0.1, -0.05) is 49.7 Å². The van der Waals surface area contributed by atoms with Gasteiger partial charge in [-0.2, -0.15) is 10.4 Å². The minimum absolute atomic E-state index is 0.0167. The van der Waals surface area contributed by atoms with E-state index in [4.69, 9.17) is 11.6 Å². The lowest BCUT2D eigenvalue weighted by molar-refractivity contribution is 0.443. The molecule has 198 valence electrons. The lowest BCUT2D eigenvalue weighted by atomic mass is 9.96. The summed E-state index contributed by atoms with van der Waals surface area (Å²) < 4.78 is 3.82. The molecule has 0 aliphatic heterocycles. The van der Waals surface area contributed by atoms with Gasteiger partial charge in [0.15, 0.2) is 0 Å². The van der Waals surface area contributed by atoms with Crippen LogP contribution >= 0.6 is 11.6 Å². The fourth-order valence-corrected chi connectivity index (χ4v) is 5.11. The van der Waals surface area contributed by atoms with E-state index in [1.807, 2.05) is 47.0 Å². The summed E-state index contributed by atoms with van der Waals surface area (Å²) in [6.45, 7) is 7.13. The predicted octanol–water partition coefficient (Wildman–Crippen LogP) is 6.23. The maximum Gasteiger partial charge on any atom is 0.110 e. The summed E-state index contributed by atoms with van der Waals surface area (Å²) in [7, 11) is 1.94. The number of nitrogens with one attached hydrogen (secondary N) is 2. The van der Waals surface area contributed by atoms with Gasteiger partial charge in [0.2, 0.25) is 0 Å². The van der Waals surface area contributed by atoms with Crippen LogP contribution in [0.15, 0.2) is 48.9 Å². The van der Waals surface area contributed by atoms with Gasteiger partial charge in [0.25, 0.3) is 0 Å². The Kier molecular flexibility index (Phi) is 6.15. The van der Waals surface area contributed by atoms with Crippen LogP contribution in [0.3, 0.4) is 0 Å². The Labute approximate surface area is 231 Å². The number of aryl methyl sites for hydroxylation is 1. The molecule has 3 heterocycles. The van der Waals surface area contributed by atoms with Gasteiger partial charge in [-0.05, 0) is 42.0 Å². The maximum atomic E-state index is 9.84. The fraction of sp³-hybridized carbons (Fsp3) is 0.345. The van der Waals surface area contributed by atoms with E-state index in [2.05, 4.69) is 70.0 Å². The van der Waals surface area contributed by atoms with Crippen LogP contribution in [0.1, 0.15) is 62.5 Å². The molecule has 1 aliphatic rings. The third-order valence-electron chi connectivity index (χ3n) is 7.03. The van der Waals surface area contributed by atoms with E-state index in [0.29, 0.717) is 28.7 Å². The van der Waals surface area contributed by atoms with Crippen LogP contribution in [0.4, 0.5) is 11.4 Å². The first-order valence-corrected chi connectivity index (χ1v) is 13.4. The summed E-state index contributed by atoms with van der Waals surface area (Å²) >= 11 is 6.79. The molecule has 1 atom stereocenters. The van der Waals surface area contributed by atoms with Crippen molar-refractivity contribution in [1.82, 2.24) is 29.8 Å². The highest BCUT2D eigenvalue weighted by Crippen LogP contribution is 2.38. The maximum absolute atomic E-state index is 9.84. The Bertz CT molecular complexity index is 1730. The zero-order chi connectivity index (χ0) is 27.3. The van der Waals surface area contributed by atoms with Gasteiger partial charge in [0, 0.05) is 36.2 Å². The second kappa shape index (κ2) is 9.54. The van der Waals surface area contributed by atoms with Crippen molar-refractivity contribution < 1.29 is 0 Å². The van der Waals surface area contributed by atoms with Gasteiger partial charge >= 0.3 is 0 Å². The van der Waals surface area contributed by atoms with Crippen molar-refractivity contribution in [3.8, 4) is 6.07 Å². The number of aromatic nitrogens is 6. The number of anilines is 2. The second-order valence-corrected chi connectivity index (χ2v) is 11.8. The number of pyridine rings is 1. The normalized spacial score (nSPS) is 14.5. The largest absolute Gasteiger partial charge is 0.383 e. The average molecular weight is 540 g/mol. The Morgan fingerprint density at radius 1 is 1.18 bits per heavy atom. The summed E-state index contributed by atoms with van der Waals surface area (Å²) in [5.41, 5.74) is 5.53. The van der Waals surface area contributed by atoms with E-state index in [9.17, 15) is 5.26 Å². The van der Waals surface area contributed by atoms with Crippen LogP contribution in [-0.4, -0.2) is 36.3 Å². The molecule has 3 aromatic heterocycles. The minimum atomic E-state index is -0.308. The molecular weight excluding hydrogens is 510 g/mol. The summed E-state index contributed by atoms with van der Waals surface area (Å²) in [5.74, 6) is 0. The van der Waals surface area contributed by atoms with E-state index >= 15 is 0 Å². The standard InChI is InChI=1S/C29H30ClN9/c1-29(2,3)16-33-26-17(12-31)13-32-27-21(26)10-18(11-23(27)30)35-28(24-15-39(37-36-24)19-8-9-19)20-6-5-7-25-22(20)14-34-38(25)4/h5-7,10-11,13-15,19,28,35H,8-9,16H2,1-4H3,(H,32,33)/t28-/m0/s1. The average Bonchev–Trinajstić information content (AvgIpc) is 3.52. The minimum Gasteiger partial charge on any atom is -0.383 e. The molecule has 0 spiro atoms. The van der Waals surface area contributed by atoms with Crippen molar-refractivity contribution >= 4 is 44.8 Å². The molecule has 0 amide bonds. The number of rotatable bonds is 7. The SMILES string of the molecule is Cn1ncc2c([C@H](Nc3cc(Cl)c4ncc(C#N)c(NCC(C)(C)C)c4c3)c3cn(C4CC4)nn3)cccc21. The quantitative estimate of drug-likeness (QED) is 0.252. The van der Waals surface area contributed by atoms with E-state index in [1.54, 1.807) is 6.20 Å². The zero-order valence-electron chi connectivity index (χ0n) is 22.4. The monoisotopic (exact) mass is 539 g/mol. The smallest absolute Gasteiger partial charge is 0.110 e. The molecule has 1 fully saturated rings. The van der Waals surface area contributed by atoms with Gasteiger partial charge in [-0.25, -0.2) is 4.68 Å². The lowest BCUT2D eigenvalue weighted by Gasteiger charge is -2.22. The van der Waals surface area contributed by atoms with Crippen LogP contribution in [0.25, 0.3) is 21.8 Å². The third kappa shape index (κ3) is 4.88. The van der Waals surface area contributed by atoms with Crippen molar-refractivity contribution in [3.05, 3.63) is 70.8 Å². The second-order valence-electron chi connectivity index (χ2n) is 11.4. The molecule has 6 rings (SSSR count). The molecule has 0 saturated heterocycles. The number of hydrogen-bond donors (Lipinski definition) is 2. The molecule has 2 aromatic carbocycles. The summed E-state index contributed by atoms with van der Waals surface area (Å²) in [6, 6.07) is 12.4. The van der Waals surface area contributed by atoms with Crippen molar-refractivity contribution in [3.63, 3.8) is 0 Å². The third-order valence-corrected chi connectivity index (χ3v) is 7.32. The lowest BCUT2D eigenvalue weighted by Crippen LogP contribution is -2.20. The zero-order valence-corrected chi connectivity index (χ0v) is 23.2. The van der Waals surface area contributed by atoms with Crippen molar-refractivity contribution in [2.75, 3.05) is 17.2 Å². The van der Waals surface area contributed by atoms with Crippen LogP contribution in [0.5, 0.6) is 0 Å². The highest BCUT2D eigenvalue weighted by atomic mass is 35.5. The molecule has 2 N–H and O–H groups in total. The Balaban J connectivity index is 1.47. The van der Waals surface area contributed by atoms with E-state index in [-0.39, 0.29) is 11.5 Å². The summed E-state index contributed by atoms with van der Waals surface area (Å²) in [4.78, 5) is 4.51. The number of fused-ring (bicyclic) bond motifs is 2. The summed E-state index contributed by atoms with van der Waals surface area (Å²) in [6.07, 6.45) is 7.73. The van der Waals surface area contributed by atoms with E-state index in [0.717, 1.165) is 51.8 Å². The molecule has 10 heteroatoms. The van der Waals surface area contributed by atoms with Gasteiger partial charge in [-0.15, -0.1) is 5.10 Å². The molecule has 9 nitrogen and oxygen atoms in total. The number of nitrogens with zero attached hydrogens (tertiary/aromatic N) is 7. The first kappa shape index (κ1) is 25.1. The molecule has 0 unspecified atom stereocenters. The Morgan fingerprint density at radius 2 is 2.00 bits per heavy atom. The number of halogens is 1. The molecule has 5 aromatic rings. The number of hydrogen-bond acceptors (Lipinski definition) is 7. The predicted molar refractivity (Wildman–Crippen MR) is 154 cm³/mol. The highest BCUT2D eigenvalue weighted by molar-refractivity contribution is 6.35. The van der Waals surface area contributed by atoms with Crippen molar-refractivity contribution in [1.29, 1.82) is 5.26 Å². The van der Waals surface area contributed by atoms with Gasteiger partial charge in [0.05, 0.1) is 51.8 Å². The Hall–Kier alpha value is -4.16. The van der Waals surface area contributed by atoms with E-state index < -0.39 is 0 Å². The van der Waals surface area contributed by atoms with Gasteiger partial charge in [-0.3, -0.25) is 9.67 Å². The number of benzene rings is 2. The molecule has 1 saturated carbocycles. The Morgan fingerprint density at radius 3 is 2.74 bits per heavy atom. The van der Waals surface area contributed by atoms with Gasteiger partial charge < -0.3 is 10.6 Å². The topological polar surface area (TPSA) is 109 Å². The number of nitriles is 1. The van der Waals surface area contributed by atoms with Crippen LogP contribution in [0.2, 0.25) is 5.02 Å². The molecule has 1 aliphatic carbocycles. The van der Waals surface area contributed by atoms with Crippen LogP contribution < -0.4 is 10.6 Å². The molecule has 39 heavy (non-hydrogen) atoms. The molecular formula is C29H30ClN9. The summed E-state index contributed by atoms with van der Waals surface area (Å²) in [5, 5.41) is 32.8. The first-order chi connectivity index (χ1) is 18.7. The fourth-order valence-electron chi connectivity index (χ4n) is 4.84. The van der Waals surface area contributed by atoms with E-state index in [1.165, 1.54) is 0 Å². The molecule has 0 bridgehead atoms.